The van der Waals surface area contributed by atoms with E-state index in [1.165, 1.54) is 23.3 Å². The van der Waals surface area contributed by atoms with Crippen molar-refractivity contribution in [2.75, 3.05) is 5.32 Å². The summed E-state index contributed by atoms with van der Waals surface area (Å²) >= 11 is 0. The second kappa shape index (κ2) is 9.90. The van der Waals surface area contributed by atoms with Crippen molar-refractivity contribution in [3.05, 3.63) is 63.7 Å². The molecule has 33 heavy (non-hydrogen) atoms. The van der Waals surface area contributed by atoms with Gasteiger partial charge in [0.15, 0.2) is 0 Å². The molecule has 0 radical (unpaired) electrons. The average Bonchev–Trinajstić information content (AvgIpc) is 2.91. The number of carbonyl (C=O) groups is 1. The first-order valence-corrected chi connectivity index (χ1v) is 11.9. The van der Waals surface area contributed by atoms with Crippen molar-refractivity contribution >= 4 is 11.6 Å². The number of nitrogens with one attached hydrogen (secondary N) is 1. The number of carbonyl (C=O) groups excluding carboxylic acids is 1. The van der Waals surface area contributed by atoms with Gasteiger partial charge in [-0.2, -0.15) is 13.2 Å². The van der Waals surface area contributed by atoms with Crippen LogP contribution in [0.2, 0.25) is 0 Å². The third-order valence-electron chi connectivity index (χ3n) is 6.74. The Labute approximate surface area is 196 Å². The molecule has 3 rings (SSSR count). The molecular formula is C28H36F3NO. The van der Waals surface area contributed by atoms with Crippen LogP contribution < -0.4 is 5.32 Å². The smallest absolute Gasteiger partial charge is 0.326 e. The summed E-state index contributed by atoms with van der Waals surface area (Å²) in [6, 6.07) is 7.77. The van der Waals surface area contributed by atoms with Gasteiger partial charge in [0.25, 0.3) is 0 Å². The molecule has 0 bridgehead atoms. The molecule has 180 valence electrons. The van der Waals surface area contributed by atoms with E-state index in [0.717, 1.165) is 60.9 Å². The van der Waals surface area contributed by atoms with E-state index in [9.17, 15) is 18.0 Å². The van der Waals surface area contributed by atoms with Gasteiger partial charge in [-0.3, -0.25) is 4.79 Å². The average molecular weight is 460 g/mol. The fourth-order valence-corrected chi connectivity index (χ4v) is 4.81. The normalized spacial score (nSPS) is 16.8. The minimum absolute atomic E-state index is 0.0472. The molecule has 0 aromatic heterocycles. The topological polar surface area (TPSA) is 29.1 Å². The summed E-state index contributed by atoms with van der Waals surface area (Å²) in [7, 11) is 0. The number of hydrogen-bond donors (Lipinski definition) is 1. The van der Waals surface area contributed by atoms with Crippen LogP contribution in [-0.4, -0.2) is 5.91 Å². The summed E-state index contributed by atoms with van der Waals surface area (Å²) in [6.07, 6.45) is 1.90. The van der Waals surface area contributed by atoms with Crippen LogP contribution in [0.5, 0.6) is 0 Å². The minimum atomic E-state index is -4.31. The van der Waals surface area contributed by atoms with Crippen LogP contribution in [0.1, 0.15) is 92.2 Å². The van der Waals surface area contributed by atoms with E-state index in [4.69, 9.17) is 0 Å². The SMILES string of the molecule is Cc1cc2c(c(C)c1NC(=O)CCC(C)(C)C)CCCCC2Cc1ccc(C(F)(F)F)cc1. The minimum Gasteiger partial charge on any atom is -0.326 e. The van der Waals surface area contributed by atoms with E-state index >= 15 is 0 Å². The Kier molecular flexibility index (Phi) is 7.60. The summed E-state index contributed by atoms with van der Waals surface area (Å²) in [5.74, 6) is 0.313. The number of fused-ring (bicyclic) bond motifs is 1. The highest BCUT2D eigenvalue weighted by molar-refractivity contribution is 5.92. The molecule has 1 aliphatic rings. The molecule has 0 saturated carbocycles. The molecule has 2 nitrogen and oxygen atoms in total. The molecule has 5 heteroatoms. The van der Waals surface area contributed by atoms with Crippen LogP contribution in [0.15, 0.2) is 30.3 Å². The zero-order chi connectivity index (χ0) is 24.4. The number of anilines is 1. The second-order valence-electron chi connectivity index (χ2n) is 10.7. The molecular weight excluding hydrogens is 423 g/mol. The number of halogens is 3. The lowest BCUT2D eigenvalue weighted by Crippen LogP contribution is -2.18. The van der Waals surface area contributed by atoms with Gasteiger partial charge >= 0.3 is 6.18 Å². The summed E-state index contributed by atoms with van der Waals surface area (Å²) in [5, 5.41) is 3.16. The van der Waals surface area contributed by atoms with E-state index in [-0.39, 0.29) is 17.2 Å². The highest BCUT2D eigenvalue weighted by atomic mass is 19.4. The number of benzene rings is 2. The Morgan fingerprint density at radius 2 is 1.73 bits per heavy atom. The van der Waals surface area contributed by atoms with Crippen molar-refractivity contribution in [1.29, 1.82) is 0 Å². The molecule has 0 heterocycles. The van der Waals surface area contributed by atoms with Gasteiger partial charge in [-0.15, -0.1) is 0 Å². The molecule has 0 aliphatic heterocycles. The largest absolute Gasteiger partial charge is 0.416 e. The molecule has 1 amide bonds. The predicted octanol–water partition coefficient (Wildman–Crippen LogP) is 8.14. The monoisotopic (exact) mass is 459 g/mol. The number of amides is 1. The molecule has 0 spiro atoms. The van der Waals surface area contributed by atoms with Crippen LogP contribution >= 0.6 is 0 Å². The molecule has 1 aliphatic carbocycles. The van der Waals surface area contributed by atoms with Crippen molar-refractivity contribution in [2.45, 2.75) is 91.7 Å². The van der Waals surface area contributed by atoms with E-state index in [1.807, 2.05) is 6.92 Å². The van der Waals surface area contributed by atoms with Crippen LogP contribution in [-0.2, 0) is 23.8 Å². The third kappa shape index (κ3) is 6.61. The van der Waals surface area contributed by atoms with Gasteiger partial charge < -0.3 is 5.32 Å². The lowest BCUT2D eigenvalue weighted by Gasteiger charge is -2.24. The van der Waals surface area contributed by atoms with Crippen molar-refractivity contribution in [3.8, 4) is 0 Å². The zero-order valence-corrected chi connectivity index (χ0v) is 20.5. The molecule has 1 N–H and O–H groups in total. The fourth-order valence-electron chi connectivity index (χ4n) is 4.81. The van der Waals surface area contributed by atoms with Gasteiger partial charge in [-0.05, 0) is 97.2 Å². The Balaban J connectivity index is 1.84. The Hall–Kier alpha value is -2.30. The van der Waals surface area contributed by atoms with Crippen LogP contribution in [0.4, 0.5) is 18.9 Å². The van der Waals surface area contributed by atoms with Crippen molar-refractivity contribution in [1.82, 2.24) is 0 Å². The number of aryl methyl sites for hydroxylation is 1. The van der Waals surface area contributed by atoms with Crippen LogP contribution in [0.3, 0.4) is 0 Å². The number of alkyl halides is 3. The number of rotatable bonds is 5. The predicted molar refractivity (Wildman–Crippen MR) is 129 cm³/mol. The second-order valence-corrected chi connectivity index (χ2v) is 10.7. The maximum absolute atomic E-state index is 12.9. The molecule has 2 aromatic carbocycles. The first-order chi connectivity index (χ1) is 15.3. The van der Waals surface area contributed by atoms with Gasteiger partial charge in [-0.1, -0.05) is 45.4 Å². The first-order valence-electron chi connectivity index (χ1n) is 11.9. The fraction of sp³-hybridized carbons (Fsp3) is 0.536. The Bertz CT molecular complexity index is 984. The van der Waals surface area contributed by atoms with Crippen molar-refractivity contribution in [3.63, 3.8) is 0 Å². The molecule has 0 saturated heterocycles. The first kappa shape index (κ1) is 25.3. The number of hydrogen-bond acceptors (Lipinski definition) is 1. The summed E-state index contributed by atoms with van der Waals surface area (Å²) in [5.41, 5.74) is 6.12. The van der Waals surface area contributed by atoms with Gasteiger partial charge in [0, 0.05) is 12.1 Å². The van der Waals surface area contributed by atoms with Gasteiger partial charge in [0.05, 0.1) is 5.56 Å². The maximum Gasteiger partial charge on any atom is 0.416 e. The van der Waals surface area contributed by atoms with Gasteiger partial charge in [0.2, 0.25) is 5.91 Å². The van der Waals surface area contributed by atoms with Crippen molar-refractivity contribution < 1.29 is 18.0 Å². The lowest BCUT2D eigenvalue weighted by molar-refractivity contribution is -0.137. The lowest BCUT2D eigenvalue weighted by atomic mass is 9.84. The highest BCUT2D eigenvalue weighted by Crippen LogP contribution is 2.39. The van der Waals surface area contributed by atoms with Crippen LogP contribution in [0.25, 0.3) is 0 Å². The molecule has 2 aromatic rings. The molecule has 0 fully saturated rings. The summed E-state index contributed by atoms with van der Waals surface area (Å²) < 4.78 is 38.8. The Morgan fingerprint density at radius 3 is 2.33 bits per heavy atom. The van der Waals surface area contributed by atoms with Crippen molar-refractivity contribution in [2.24, 2.45) is 5.41 Å². The zero-order valence-electron chi connectivity index (χ0n) is 20.5. The molecule has 1 atom stereocenters. The van der Waals surface area contributed by atoms with Gasteiger partial charge in [-0.25, -0.2) is 0 Å². The quantitative estimate of drug-likeness (QED) is 0.449. The summed E-state index contributed by atoms with van der Waals surface area (Å²) in [6.45, 7) is 10.5. The standard InChI is InChI=1S/C28H36F3NO/c1-18-16-24-21(17-20-10-12-22(13-11-20)28(29,30)31)8-6-7-9-23(24)19(2)26(18)32-25(33)14-15-27(3,4)5/h10-13,16,21H,6-9,14-15,17H2,1-5H3,(H,32,33). The maximum atomic E-state index is 12.9. The van der Waals surface area contributed by atoms with Gasteiger partial charge in [0.1, 0.15) is 0 Å². The van der Waals surface area contributed by atoms with E-state index in [0.29, 0.717) is 6.42 Å². The Morgan fingerprint density at radius 1 is 1.06 bits per heavy atom. The van der Waals surface area contributed by atoms with E-state index in [1.54, 1.807) is 12.1 Å². The molecule has 1 unspecified atom stereocenters. The van der Waals surface area contributed by atoms with E-state index in [2.05, 4.69) is 39.1 Å². The third-order valence-corrected chi connectivity index (χ3v) is 6.74. The highest BCUT2D eigenvalue weighted by Gasteiger charge is 2.30. The van der Waals surface area contributed by atoms with E-state index < -0.39 is 11.7 Å². The van der Waals surface area contributed by atoms with Crippen LogP contribution in [0, 0.1) is 19.3 Å². The summed E-state index contributed by atoms with van der Waals surface area (Å²) in [4.78, 5) is 12.6.